The highest BCUT2D eigenvalue weighted by molar-refractivity contribution is 7.10. The van der Waals surface area contributed by atoms with Gasteiger partial charge in [0.2, 0.25) is 0 Å². The van der Waals surface area contributed by atoms with Crippen LogP contribution in [0.25, 0.3) is 0 Å². The van der Waals surface area contributed by atoms with Gasteiger partial charge in [0.05, 0.1) is 6.04 Å². The lowest BCUT2D eigenvalue weighted by atomic mass is 10.1. The van der Waals surface area contributed by atoms with Crippen LogP contribution >= 0.6 is 35.3 Å². The maximum Gasteiger partial charge on any atom is 0.120 e. The summed E-state index contributed by atoms with van der Waals surface area (Å²) in [6, 6.07) is 8.45. The van der Waals surface area contributed by atoms with E-state index < -0.39 is 0 Å². The smallest absolute Gasteiger partial charge is 0.120 e. The first-order valence-corrected chi connectivity index (χ1v) is 5.71. The van der Waals surface area contributed by atoms with Crippen LogP contribution in [0.4, 0.5) is 0 Å². The minimum Gasteiger partial charge on any atom is -0.508 e. The molecule has 1 aromatic carbocycles. The Balaban J connectivity index is 0.00000128. The molecule has 0 radical (unpaired) electrons. The molecule has 5 heteroatoms. The van der Waals surface area contributed by atoms with Crippen molar-refractivity contribution in [2.75, 3.05) is 0 Å². The first-order chi connectivity index (χ1) is 7.18. The first-order valence-electron chi connectivity index (χ1n) is 4.46. The summed E-state index contributed by atoms with van der Waals surface area (Å²) in [5, 5.41) is 12.2. The fourth-order valence-electron chi connectivity index (χ4n) is 1.40. The molecule has 0 amide bonds. The van der Waals surface area contributed by atoms with Crippen molar-refractivity contribution in [3.05, 3.63) is 51.2 Å². The molecule has 2 aromatic rings. The molecule has 3 N–H and O–H groups in total. The number of thiophene rings is 1. The lowest BCUT2D eigenvalue weighted by Gasteiger charge is -2.12. The molecular formula is C11H11Cl2NOS. The highest BCUT2D eigenvalue weighted by Gasteiger charge is 2.14. The third-order valence-corrected chi connectivity index (χ3v) is 3.36. The summed E-state index contributed by atoms with van der Waals surface area (Å²) in [7, 11) is 0. The van der Waals surface area contributed by atoms with Gasteiger partial charge in [-0.1, -0.05) is 17.7 Å². The molecule has 86 valence electrons. The molecule has 1 atom stereocenters. The number of hydrogen-bond acceptors (Lipinski definition) is 3. The minimum atomic E-state index is -0.316. The van der Waals surface area contributed by atoms with Gasteiger partial charge < -0.3 is 10.8 Å². The number of benzene rings is 1. The Morgan fingerprint density at radius 3 is 2.69 bits per heavy atom. The van der Waals surface area contributed by atoms with E-state index in [1.807, 2.05) is 17.5 Å². The summed E-state index contributed by atoms with van der Waals surface area (Å²) in [5.74, 6) is 0.181. The van der Waals surface area contributed by atoms with E-state index in [1.165, 1.54) is 0 Å². The summed E-state index contributed by atoms with van der Waals surface area (Å²) in [5.41, 5.74) is 6.68. The molecule has 0 bridgehead atoms. The average Bonchev–Trinajstić information content (AvgIpc) is 2.74. The van der Waals surface area contributed by atoms with Crippen molar-refractivity contribution in [3.8, 4) is 5.75 Å². The Kier molecular flexibility index (Phi) is 4.62. The number of hydrogen-bond donors (Lipinski definition) is 2. The van der Waals surface area contributed by atoms with E-state index in [4.69, 9.17) is 17.3 Å². The second-order valence-electron chi connectivity index (χ2n) is 3.20. The number of phenols is 1. The van der Waals surface area contributed by atoms with Gasteiger partial charge in [0.25, 0.3) is 0 Å². The predicted molar refractivity (Wildman–Crippen MR) is 70.7 cm³/mol. The summed E-state index contributed by atoms with van der Waals surface area (Å²) >= 11 is 7.42. The fourth-order valence-corrected chi connectivity index (χ4v) is 2.32. The lowest BCUT2D eigenvalue weighted by molar-refractivity contribution is 0.465. The van der Waals surface area contributed by atoms with Crippen molar-refractivity contribution in [2.45, 2.75) is 6.04 Å². The Morgan fingerprint density at radius 1 is 1.31 bits per heavy atom. The van der Waals surface area contributed by atoms with Crippen LogP contribution in [0.3, 0.4) is 0 Å². The highest BCUT2D eigenvalue weighted by Crippen LogP contribution is 2.31. The van der Waals surface area contributed by atoms with Gasteiger partial charge in [0, 0.05) is 15.5 Å². The summed E-state index contributed by atoms with van der Waals surface area (Å²) in [6.45, 7) is 0. The molecule has 0 unspecified atom stereocenters. The molecule has 2 rings (SSSR count). The molecule has 0 fully saturated rings. The van der Waals surface area contributed by atoms with Crippen molar-refractivity contribution in [1.29, 1.82) is 0 Å². The van der Waals surface area contributed by atoms with E-state index in [9.17, 15) is 5.11 Å². The van der Waals surface area contributed by atoms with Gasteiger partial charge in [0.1, 0.15) is 5.75 Å². The molecular weight excluding hydrogens is 265 g/mol. The number of nitrogens with two attached hydrogens (primary N) is 1. The Morgan fingerprint density at radius 2 is 2.06 bits per heavy atom. The average molecular weight is 276 g/mol. The van der Waals surface area contributed by atoms with Gasteiger partial charge in [-0.3, -0.25) is 0 Å². The van der Waals surface area contributed by atoms with Gasteiger partial charge in [0.15, 0.2) is 0 Å². The molecule has 2 nitrogen and oxygen atoms in total. The fraction of sp³-hybridized carbons (Fsp3) is 0.0909. The van der Waals surface area contributed by atoms with Gasteiger partial charge in [-0.05, 0) is 29.6 Å². The van der Waals surface area contributed by atoms with E-state index in [0.717, 1.165) is 4.88 Å². The normalized spacial score (nSPS) is 11.9. The van der Waals surface area contributed by atoms with E-state index in [-0.39, 0.29) is 24.2 Å². The molecule has 0 spiro atoms. The van der Waals surface area contributed by atoms with Gasteiger partial charge in [-0.15, -0.1) is 23.7 Å². The summed E-state index contributed by atoms with van der Waals surface area (Å²) in [6.07, 6.45) is 0. The van der Waals surface area contributed by atoms with E-state index >= 15 is 0 Å². The SMILES string of the molecule is Cl.N[C@@H](c1cccs1)c1cc(Cl)ccc1O. The third-order valence-electron chi connectivity index (χ3n) is 2.17. The zero-order chi connectivity index (χ0) is 10.8. The number of halogens is 2. The predicted octanol–water partition coefficient (Wildman–Crippen LogP) is 3.58. The standard InChI is InChI=1S/C11H10ClNOS.ClH/c12-7-3-4-9(14)8(6-7)11(13)10-2-1-5-15-10;/h1-6,11,14H,13H2;1H/t11-;/m1./s1. The van der Waals surface area contributed by atoms with Gasteiger partial charge in [-0.2, -0.15) is 0 Å². The van der Waals surface area contributed by atoms with Gasteiger partial charge >= 0.3 is 0 Å². The minimum absolute atomic E-state index is 0. The molecule has 0 aliphatic carbocycles. The van der Waals surface area contributed by atoms with Crippen LogP contribution in [0.1, 0.15) is 16.5 Å². The van der Waals surface area contributed by atoms with Crippen molar-refractivity contribution in [3.63, 3.8) is 0 Å². The molecule has 0 saturated heterocycles. The molecule has 0 aliphatic heterocycles. The zero-order valence-corrected chi connectivity index (χ0v) is 10.6. The summed E-state index contributed by atoms with van der Waals surface area (Å²) in [4.78, 5) is 1.01. The van der Waals surface area contributed by atoms with Crippen molar-refractivity contribution in [2.24, 2.45) is 5.73 Å². The Hall–Kier alpha value is -0.740. The van der Waals surface area contributed by atoms with Crippen LogP contribution in [0.15, 0.2) is 35.7 Å². The Bertz CT molecular complexity index is 459. The number of rotatable bonds is 2. The van der Waals surface area contributed by atoms with Crippen LogP contribution in [-0.2, 0) is 0 Å². The largest absolute Gasteiger partial charge is 0.508 e. The van der Waals surface area contributed by atoms with Crippen molar-refractivity contribution < 1.29 is 5.11 Å². The monoisotopic (exact) mass is 275 g/mol. The Labute approximate surface area is 109 Å². The topological polar surface area (TPSA) is 46.2 Å². The quantitative estimate of drug-likeness (QED) is 0.880. The van der Waals surface area contributed by atoms with E-state index in [0.29, 0.717) is 10.6 Å². The van der Waals surface area contributed by atoms with E-state index in [1.54, 1.807) is 29.5 Å². The maximum atomic E-state index is 9.67. The molecule has 0 aliphatic rings. The second-order valence-corrected chi connectivity index (χ2v) is 4.61. The third kappa shape index (κ3) is 2.68. The molecule has 0 saturated carbocycles. The maximum absolute atomic E-state index is 9.67. The first kappa shape index (κ1) is 13.3. The summed E-state index contributed by atoms with van der Waals surface area (Å²) < 4.78 is 0. The zero-order valence-electron chi connectivity index (χ0n) is 8.26. The van der Waals surface area contributed by atoms with E-state index in [2.05, 4.69) is 0 Å². The van der Waals surface area contributed by atoms with Crippen LogP contribution in [0.2, 0.25) is 5.02 Å². The number of phenolic OH excluding ortho intramolecular Hbond substituents is 1. The molecule has 16 heavy (non-hydrogen) atoms. The van der Waals surface area contributed by atoms with Crippen LogP contribution in [-0.4, -0.2) is 5.11 Å². The highest BCUT2D eigenvalue weighted by atomic mass is 35.5. The molecule has 1 aromatic heterocycles. The number of aromatic hydroxyl groups is 1. The van der Waals surface area contributed by atoms with Gasteiger partial charge in [-0.25, -0.2) is 0 Å². The van der Waals surface area contributed by atoms with Crippen LogP contribution in [0.5, 0.6) is 5.75 Å². The second kappa shape index (κ2) is 5.55. The van der Waals surface area contributed by atoms with Crippen LogP contribution < -0.4 is 5.73 Å². The van der Waals surface area contributed by atoms with Crippen molar-refractivity contribution in [1.82, 2.24) is 0 Å². The lowest BCUT2D eigenvalue weighted by Crippen LogP contribution is -2.10. The van der Waals surface area contributed by atoms with Crippen molar-refractivity contribution >= 4 is 35.3 Å². The van der Waals surface area contributed by atoms with Crippen LogP contribution in [0, 0.1) is 0 Å². The molecule has 1 heterocycles.